The number of allylic oxidation sites excluding steroid dienone is 1. The van der Waals surface area contributed by atoms with Gasteiger partial charge >= 0.3 is 0 Å². The maximum atomic E-state index is 12.2. The summed E-state index contributed by atoms with van der Waals surface area (Å²) in [5.41, 5.74) is 3.90. The van der Waals surface area contributed by atoms with Crippen molar-refractivity contribution in [2.45, 2.75) is 26.2 Å². The number of aromatic nitrogens is 2. The third-order valence-electron chi connectivity index (χ3n) is 3.57. The fourth-order valence-corrected chi connectivity index (χ4v) is 2.44. The normalized spacial score (nSPS) is 13.8. The molecule has 0 amide bonds. The van der Waals surface area contributed by atoms with Crippen molar-refractivity contribution < 1.29 is 0 Å². The van der Waals surface area contributed by atoms with Crippen molar-refractivity contribution in [2.75, 3.05) is 0 Å². The fraction of sp³-hybridized carbons (Fsp3) is 0.250. The number of nitrogens with one attached hydrogen (secondary N) is 1. The van der Waals surface area contributed by atoms with E-state index in [1.54, 1.807) is 0 Å². The molecule has 0 aliphatic heterocycles. The smallest absolute Gasteiger partial charge is 0.258 e. The van der Waals surface area contributed by atoms with Gasteiger partial charge in [-0.2, -0.15) is 0 Å². The van der Waals surface area contributed by atoms with Crippen molar-refractivity contribution in [3.63, 3.8) is 0 Å². The average Bonchev–Trinajstić information content (AvgIpc) is 2.48. The van der Waals surface area contributed by atoms with Gasteiger partial charge in [0.15, 0.2) is 0 Å². The van der Waals surface area contributed by atoms with Crippen molar-refractivity contribution in [2.24, 2.45) is 0 Å². The SMILES string of the molecule is CCC1=Cc2c(nc(-c3ccccc3)[nH]c2=O)CC1. The Morgan fingerprint density at radius 1 is 1.21 bits per heavy atom. The van der Waals surface area contributed by atoms with Gasteiger partial charge in [-0.05, 0) is 25.3 Å². The minimum Gasteiger partial charge on any atom is -0.306 e. The van der Waals surface area contributed by atoms with Crippen LogP contribution in [0, 0.1) is 0 Å². The van der Waals surface area contributed by atoms with E-state index in [-0.39, 0.29) is 5.56 Å². The molecule has 2 aromatic rings. The lowest BCUT2D eigenvalue weighted by molar-refractivity contribution is 0.833. The van der Waals surface area contributed by atoms with Crippen LogP contribution in [0.25, 0.3) is 17.5 Å². The highest BCUT2D eigenvalue weighted by Gasteiger charge is 2.15. The van der Waals surface area contributed by atoms with Crippen molar-refractivity contribution in [1.29, 1.82) is 0 Å². The summed E-state index contributed by atoms with van der Waals surface area (Å²) in [5.74, 6) is 0.665. The molecule has 0 atom stereocenters. The van der Waals surface area contributed by atoms with Crippen LogP contribution in [0.2, 0.25) is 0 Å². The van der Waals surface area contributed by atoms with E-state index in [0.29, 0.717) is 5.82 Å². The van der Waals surface area contributed by atoms with Gasteiger partial charge in [-0.25, -0.2) is 4.98 Å². The Labute approximate surface area is 112 Å². The van der Waals surface area contributed by atoms with E-state index < -0.39 is 0 Å². The summed E-state index contributed by atoms with van der Waals surface area (Å²) in [4.78, 5) is 19.7. The number of aromatic amines is 1. The monoisotopic (exact) mass is 252 g/mol. The quantitative estimate of drug-likeness (QED) is 0.892. The van der Waals surface area contributed by atoms with Gasteiger partial charge in [0.1, 0.15) is 5.82 Å². The predicted octanol–water partition coefficient (Wildman–Crippen LogP) is 3.18. The first kappa shape index (κ1) is 11.9. The fourth-order valence-electron chi connectivity index (χ4n) is 2.44. The Morgan fingerprint density at radius 2 is 2.00 bits per heavy atom. The summed E-state index contributed by atoms with van der Waals surface area (Å²) < 4.78 is 0. The highest BCUT2D eigenvalue weighted by Crippen LogP contribution is 2.23. The van der Waals surface area contributed by atoms with Crippen LogP contribution < -0.4 is 5.56 Å². The molecule has 0 fully saturated rings. The van der Waals surface area contributed by atoms with Crippen LogP contribution in [-0.4, -0.2) is 9.97 Å². The summed E-state index contributed by atoms with van der Waals surface area (Å²) >= 11 is 0. The molecule has 1 aliphatic carbocycles. The minimum absolute atomic E-state index is 0.0329. The number of fused-ring (bicyclic) bond motifs is 1. The van der Waals surface area contributed by atoms with Crippen LogP contribution in [0.4, 0.5) is 0 Å². The molecule has 3 rings (SSSR count). The number of hydrogen-bond donors (Lipinski definition) is 1. The van der Waals surface area contributed by atoms with Crippen LogP contribution in [0.3, 0.4) is 0 Å². The number of rotatable bonds is 2. The molecule has 3 heteroatoms. The van der Waals surface area contributed by atoms with E-state index >= 15 is 0 Å². The standard InChI is InChI=1S/C16H16N2O/c1-2-11-8-9-14-13(10-11)16(19)18-15(17-14)12-6-4-3-5-7-12/h3-7,10H,2,8-9H2,1H3,(H,17,18,19). The highest BCUT2D eigenvalue weighted by atomic mass is 16.1. The van der Waals surface area contributed by atoms with Gasteiger partial charge in [-0.1, -0.05) is 42.8 Å². The zero-order valence-corrected chi connectivity index (χ0v) is 10.9. The molecular formula is C16H16N2O. The molecule has 1 aromatic heterocycles. The summed E-state index contributed by atoms with van der Waals surface area (Å²) in [6.45, 7) is 2.12. The molecule has 1 aliphatic rings. The van der Waals surface area contributed by atoms with E-state index in [1.165, 1.54) is 5.57 Å². The second-order valence-corrected chi connectivity index (χ2v) is 4.80. The Kier molecular flexibility index (Phi) is 3.03. The van der Waals surface area contributed by atoms with E-state index in [2.05, 4.69) is 16.9 Å². The average molecular weight is 252 g/mol. The Balaban J connectivity index is 2.12. The highest BCUT2D eigenvalue weighted by molar-refractivity contribution is 5.61. The topological polar surface area (TPSA) is 45.8 Å². The summed E-state index contributed by atoms with van der Waals surface area (Å²) in [6.07, 6.45) is 4.87. The summed E-state index contributed by atoms with van der Waals surface area (Å²) in [5, 5.41) is 0. The number of H-pyrrole nitrogens is 1. The van der Waals surface area contributed by atoms with Crippen molar-refractivity contribution in [1.82, 2.24) is 9.97 Å². The Hall–Kier alpha value is -2.16. The number of nitrogens with zero attached hydrogens (tertiary/aromatic N) is 1. The molecule has 3 nitrogen and oxygen atoms in total. The second kappa shape index (κ2) is 4.84. The van der Waals surface area contributed by atoms with E-state index in [9.17, 15) is 4.79 Å². The molecule has 0 spiro atoms. The lowest BCUT2D eigenvalue weighted by Crippen LogP contribution is -2.18. The first-order chi connectivity index (χ1) is 9.28. The minimum atomic E-state index is -0.0329. The lowest BCUT2D eigenvalue weighted by atomic mass is 9.95. The molecule has 96 valence electrons. The first-order valence-corrected chi connectivity index (χ1v) is 6.66. The second-order valence-electron chi connectivity index (χ2n) is 4.80. The van der Waals surface area contributed by atoms with Crippen molar-refractivity contribution in [3.8, 4) is 11.4 Å². The molecule has 0 radical (unpaired) electrons. The third kappa shape index (κ3) is 2.24. The largest absolute Gasteiger partial charge is 0.306 e. The molecule has 0 bridgehead atoms. The molecular weight excluding hydrogens is 236 g/mol. The maximum Gasteiger partial charge on any atom is 0.258 e. The molecule has 0 unspecified atom stereocenters. The van der Waals surface area contributed by atoms with Gasteiger partial charge in [-0.3, -0.25) is 4.79 Å². The molecule has 0 saturated heterocycles. The van der Waals surface area contributed by atoms with Gasteiger partial charge in [0.05, 0.1) is 11.3 Å². The summed E-state index contributed by atoms with van der Waals surface area (Å²) in [7, 11) is 0. The van der Waals surface area contributed by atoms with Gasteiger partial charge in [0, 0.05) is 5.56 Å². The van der Waals surface area contributed by atoms with Crippen LogP contribution in [0.1, 0.15) is 31.0 Å². The van der Waals surface area contributed by atoms with Crippen molar-refractivity contribution in [3.05, 3.63) is 57.5 Å². The zero-order chi connectivity index (χ0) is 13.2. The van der Waals surface area contributed by atoms with Gasteiger partial charge in [0.25, 0.3) is 5.56 Å². The van der Waals surface area contributed by atoms with Gasteiger partial charge < -0.3 is 4.98 Å². The van der Waals surface area contributed by atoms with Gasteiger partial charge in [0.2, 0.25) is 0 Å². The van der Waals surface area contributed by atoms with E-state index in [1.807, 2.05) is 36.4 Å². The van der Waals surface area contributed by atoms with Gasteiger partial charge in [-0.15, -0.1) is 0 Å². The number of benzene rings is 1. The van der Waals surface area contributed by atoms with Crippen LogP contribution in [0.5, 0.6) is 0 Å². The number of hydrogen-bond acceptors (Lipinski definition) is 2. The number of aryl methyl sites for hydroxylation is 1. The molecule has 1 aromatic carbocycles. The van der Waals surface area contributed by atoms with Crippen LogP contribution in [-0.2, 0) is 6.42 Å². The molecule has 19 heavy (non-hydrogen) atoms. The third-order valence-corrected chi connectivity index (χ3v) is 3.57. The van der Waals surface area contributed by atoms with Crippen LogP contribution >= 0.6 is 0 Å². The predicted molar refractivity (Wildman–Crippen MR) is 76.9 cm³/mol. The van der Waals surface area contributed by atoms with E-state index in [4.69, 9.17) is 0 Å². The van der Waals surface area contributed by atoms with E-state index in [0.717, 1.165) is 36.1 Å². The van der Waals surface area contributed by atoms with Crippen molar-refractivity contribution >= 4 is 6.08 Å². The molecule has 1 N–H and O–H groups in total. The summed E-state index contributed by atoms with van der Waals surface area (Å²) in [6, 6.07) is 9.77. The zero-order valence-electron chi connectivity index (χ0n) is 10.9. The lowest BCUT2D eigenvalue weighted by Gasteiger charge is -2.14. The Bertz CT molecular complexity index is 684. The first-order valence-electron chi connectivity index (χ1n) is 6.66. The maximum absolute atomic E-state index is 12.2. The molecule has 1 heterocycles. The molecule has 0 saturated carbocycles. The van der Waals surface area contributed by atoms with Crippen LogP contribution in [0.15, 0.2) is 40.7 Å². The Morgan fingerprint density at radius 3 is 2.74 bits per heavy atom.